The van der Waals surface area contributed by atoms with Gasteiger partial charge in [0.15, 0.2) is 12.2 Å². The van der Waals surface area contributed by atoms with E-state index in [1.54, 1.807) is 0 Å². The van der Waals surface area contributed by atoms with Crippen LogP contribution < -0.4 is 0 Å². The van der Waals surface area contributed by atoms with Crippen molar-refractivity contribution >= 4 is 39.5 Å². The molecule has 0 rings (SSSR count). The zero-order chi connectivity index (χ0) is 74.4. The maximum Gasteiger partial charge on any atom is 0.472 e. The van der Waals surface area contributed by atoms with Crippen molar-refractivity contribution in [1.29, 1.82) is 0 Å². The summed E-state index contributed by atoms with van der Waals surface area (Å²) < 4.78 is 68.7. The third kappa shape index (κ3) is 74.2. The predicted molar refractivity (Wildman–Crippen MR) is 414 cm³/mol. The third-order valence-corrected chi connectivity index (χ3v) is 20.8. The molecule has 0 aromatic carbocycles. The van der Waals surface area contributed by atoms with Crippen molar-refractivity contribution in [3.63, 3.8) is 0 Å². The van der Waals surface area contributed by atoms with Crippen LogP contribution in [0, 0.1) is 17.8 Å². The van der Waals surface area contributed by atoms with Gasteiger partial charge in [0, 0.05) is 25.7 Å². The molecule has 19 heteroatoms. The summed E-state index contributed by atoms with van der Waals surface area (Å²) in [5.41, 5.74) is 0. The summed E-state index contributed by atoms with van der Waals surface area (Å²) in [6.07, 6.45) is 63.3. The van der Waals surface area contributed by atoms with Crippen LogP contribution in [0.1, 0.15) is 402 Å². The quantitative estimate of drug-likeness (QED) is 0.0169. The molecule has 596 valence electrons. The van der Waals surface area contributed by atoms with Crippen molar-refractivity contribution in [3.8, 4) is 0 Å². The molecule has 0 saturated carbocycles. The van der Waals surface area contributed by atoms with Crippen molar-refractivity contribution in [1.82, 2.24) is 0 Å². The molecule has 0 spiro atoms. The first-order valence-electron chi connectivity index (χ1n) is 41.7. The average molecular weight is 1480 g/mol. The van der Waals surface area contributed by atoms with Crippen LogP contribution in [0.3, 0.4) is 0 Å². The van der Waals surface area contributed by atoms with Crippen LogP contribution in [0.15, 0.2) is 24.3 Å². The van der Waals surface area contributed by atoms with Crippen LogP contribution >= 0.6 is 15.6 Å². The van der Waals surface area contributed by atoms with Gasteiger partial charge in [-0.25, -0.2) is 9.13 Å². The molecule has 0 saturated heterocycles. The molecule has 0 amide bonds. The van der Waals surface area contributed by atoms with Crippen molar-refractivity contribution < 1.29 is 80.2 Å². The van der Waals surface area contributed by atoms with E-state index >= 15 is 0 Å². The van der Waals surface area contributed by atoms with Gasteiger partial charge in [0.1, 0.15) is 19.3 Å². The standard InChI is InChI=1S/C82H156O17P2/c1-8-10-11-12-13-14-15-16-21-25-32-37-42-51-58-66-82(87)99-78(70-93-80(85)64-57-50-45-44-48-55-62-75(7)9-2)72-97-101(90,91)95-68-76(83)67-94-100(88,89)96-71-77(69-92-79(84)63-56-49-41-36-31-28-27-30-35-40-47-54-61-74(5)6)98-81(86)65-59-52-43-38-33-26-23-20-18-17-19-22-24-29-34-39-46-53-60-73(3)4/h14-16,21,73-78,83H,8-13,17-20,22-72H2,1-7H3,(H,88,89)(H,90,91)/b15-14-,21-16-/t75?,76-,77-,78-/m1/s1. The minimum Gasteiger partial charge on any atom is -0.462 e. The molecule has 3 N–H and O–H groups in total. The maximum atomic E-state index is 13.1. The van der Waals surface area contributed by atoms with E-state index < -0.39 is 97.5 Å². The lowest BCUT2D eigenvalue weighted by molar-refractivity contribution is -0.161. The van der Waals surface area contributed by atoms with Gasteiger partial charge in [-0.15, -0.1) is 0 Å². The van der Waals surface area contributed by atoms with Gasteiger partial charge in [-0.2, -0.15) is 0 Å². The molecule has 0 aliphatic rings. The van der Waals surface area contributed by atoms with Gasteiger partial charge in [-0.05, 0) is 69.1 Å². The van der Waals surface area contributed by atoms with E-state index in [-0.39, 0.29) is 25.7 Å². The fourth-order valence-corrected chi connectivity index (χ4v) is 13.7. The van der Waals surface area contributed by atoms with Crippen LogP contribution in [0.2, 0.25) is 0 Å². The first kappa shape index (κ1) is 98.5. The van der Waals surface area contributed by atoms with Gasteiger partial charge in [0.25, 0.3) is 0 Å². The number of carbonyl (C=O) groups is 4. The first-order chi connectivity index (χ1) is 48.8. The van der Waals surface area contributed by atoms with Crippen molar-refractivity contribution in [3.05, 3.63) is 24.3 Å². The Bertz CT molecular complexity index is 2050. The number of hydrogen-bond acceptors (Lipinski definition) is 15. The molecule has 0 aromatic heterocycles. The topological polar surface area (TPSA) is 237 Å². The Labute approximate surface area is 618 Å². The van der Waals surface area contributed by atoms with E-state index in [0.29, 0.717) is 25.7 Å². The number of aliphatic hydroxyl groups excluding tert-OH is 1. The second-order valence-electron chi connectivity index (χ2n) is 30.0. The molecule has 0 heterocycles. The second-order valence-corrected chi connectivity index (χ2v) is 32.9. The number of hydrogen-bond donors (Lipinski definition) is 3. The zero-order valence-corrected chi connectivity index (χ0v) is 67.6. The first-order valence-corrected chi connectivity index (χ1v) is 44.7. The van der Waals surface area contributed by atoms with Gasteiger partial charge in [-0.1, -0.05) is 349 Å². The van der Waals surface area contributed by atoms with Gasteiger partial charge in [0.2, 0.25) is 0 Å². The Morgan fingerprint density at radius 2 is 0.584 bits per heavy atom. The van der Waals surface area contributed by atoms with E-state index in [0.717, 1.165) is 127 Å². The number of aliphatic hydroxyl groups is 1. The molecular formula is C82H156O17P2. The van der Waals surface area contributed by atoms with Crippen LogP contribution in [-0.2, 0) is 65.4 Å². The smallest absolute Gasteiger partial charge is 0.462 e. The molecule has 101 heavy (non-hydrogen) atoms. The van der Waals surface area contributed by atoms with Crippen LogP contribution in [-0.4, -0.2) is 96.7 Å². The highest BCUT2D eigenvalue weighted by molar-refractivity contribution is 7.47. The van der Waals surface area contributed by atoms with Crippen LogP contribution in [0.25, 0.3) is 0 Å². The van der Waals surface area contributed by atoms with Gasteiger partial charge in [0.05, 0.1) is 26.4 Å². The van der Waals surface area contributed by atoms with E-state index in [9.17, 15) is 43.2 Å². The summed E-state index contributed by atoms with van der Waals surface area (Å²) in [6, 6.07) is 0. The number of phosphoric acid groups is 2. The minimum atomic E-state index is -4.97. The number of allylic oxidation sites excluding steroid dienone is 4. The minimum absolute atomic E-state index is 0.0841. The lowest BCUT2D eigenvalue weighted by Gasteiger charge is -2.21. The fraction of sp³-hybridized carbons (Fsp3) is 0.902. The molecule has 17 nitrogen and oxygen atoms in total. The highest BCUT2D eigenvalue weighted by Gasteiger charge is 2.30. The monoisotopic (exact) mass is 1480 g/mol. The predicted octanol–water partition coefficient (Wildman–Crippen LogP) is 24.1. The van der Waals surface area contributed by atoms with E-state index in [4.69, 9.17) is 37.0 Å². The highest BCUT2D eigenvalue weighted by atomic mass is 31.2. The normalized spacial score (nSPS) is 14.4. The Balaban J connectivity index is 5.26. The number of phosphoric ester groups is 2. The third-order valence-electron chi connectivity index (χ3n) is 18.9. The fourth-order valence-electron chi connectivity index (χ4n) is 12.1. The largest absolute Gasteiger partial charge is 0.472 e. The van der Waals surface area contributed by atoms with Crippen molar-refractivity contribution in [2.24, 2.45) is 17.8 Å². The average Bonchev–Trinajstić information content (AvgIpc) is 0.921. The zero-order valence-electron chi connectivity index (χ0n) is 65.9. The number of esters is 4. The Morgan fingerprint density at radius 3 is 0.881 bits per heavy atom. The van der Waals surface area contributed by atoms with E-state index in [1.807, 2.05) is 0 Å². The molecule has 0 aliphatic heterocycles. The SMILES string of the molecule is CCCCCC/C=C\C=C/CCCCCCCC(=O)O[C@H](COC(=O)CCCCCCCCC(C)CC)COP(=O)(O)OC[C@H](O)COP(=O)(O)OC[C@@H](COC(=O)CCCCCCCCCCCCCCC(C)C)OC(=O)CCCCCCCCCCCCCCCCCCCCC(C)C. The maximum absolute atomic E-state index is 13.1. The lowest BCUT2D eigenvalue weighted by Crippen LogP contribution is -2.30. The van der Waals surface area contributed by atoms with Gasteiger partial charge in [-0.3, -0.25) is 37.3 Å². The van der Waals surface area contributed by atoms with Crippen molar-refractivity contribution in [2.75, 3.05) is 39.6 Å². The summed E-state index contributed by atoms with van der Waals surface area (Å²) in [6.45, 7) is 11.9. The Kier molecular flexibility index (Phi) is 70.0. The summed E-state index contributed by atoms with van der Waals surface area (Å²) >= 11 is 0. The molecule has 0 fully saturated rings. The second kappa shape index (κ2) is 71.8. The Hall–Kier alpha value is -2.46. The summed E-state index contributed by atoms with van der Waals surface area (Å²) in [4.78, 5) is 73.0. The summed E-state index contributed by atoms with van der Waals surface area (Å²) in [7, 11) is -9.93. The summed E-state index contributed by atoms with van der Waals surface area (Å²) in [5, 5.41) is 10.6. The van der Waals surface area contributed by atoms with E-state index in [2.05, 4.69) is 72.8 Å². The van der Waals surface area contributed by atoms with Crippen LogP contribution in [0.4, 0.5) is 0 Å². The molecule has 0 radical (unpaired) electrons. The number of carbonyl (C=O) groups excluding carboxylic acids is 4. The van der Waals surface area contributed by atoms with E-state index in [1.165, 1.54) is 193 Å². The Morgan fingerprint density at radius 1 is 0.327 bits per heavy atom. The van der Waals surface area contributed by atoms with Crippen molar-refractivity contribution in [2.45, 2.75) is 420 Å². The molecule has 0 aliphatic carbocycles. The highest BCUT2D eigenvalue weighted by Crippen LogP contribution is 2.45. The molecule has 0 aromatic rings. The number of rotatable bonds is 78. The molecular weight excluding hydrogens is 1320 g/mol. The van der Waals surface area contributed by atoms with Gasteiger partial charge >= 0.3 is 39.5 Å². The number of ether oxygens (including phenoxy) is 4. The molecule has 3 unspecified atom stereocenters. The van der Waals surface area contributed by atoms with Gasteiger partial charge < -0.3 is 33.8 Å². The van der Waals surface area contributed by atoms with Crippen LogP contribution in [0.5, 0.6) is 0 Å². The summed E-state index contributed by atoms with van der Waals surface area (Å²) in [5.74, 6) is 0.185. The molecule has 0 bridgehead atoms. The number of unbranched alkanes of at least 4 members (excludes halogenated alkanes) is 42. The lowest BCUT2D eigenvalue weighted by atomic mass is 10.00. The molecule has 6 atom stereocenters.